The lowest BCUT2D eigenvalue weighted by atomic mass is 10.1. The summed E-state index contributed by atoms with van der Waals surface area (Å²) in [6.07, 6.45) is 1.59. The van der Waals surface area contributed by atoms with Crippen LogP contribution in [0, 0.1) is 4.91 Å². The largest absolute Gasteiger partial charge is 0.324 e. The average molecular weight is 386 g/mol. The SMILES string of the molecule is CO[N+](=O)c1ccc(-c2ccnc(Nc3ccc(S(N)(=O)=O)cc3)n2)cc1. The van der Waals surface area contributed by atoms with Crippen LogP contribution < -0.4 is 10.5 Å². The van der Waals surface area contributed by atoms with Crippen molar-refractivity contribution in [2.75, 3.05) is 12.4 Å². The zero-order valence-corrected chi connectivity index (χ0v) is 15.1. The smallest absolute Gasteiger partial charge is 0.316 e. The molecule has 0 bridgehead atoms. The Bertz CT molecular complexity index is 1070. The Morgan fingerprint density at radius 1 is 1.04 bits per heavy atom. The van der Waals surface area contributed by atoms with Gasteiger partial charge in [-0.15, -0.1) is 0 Å². The van der Waals surface area contributed by atoms with Gasteiger partial charge in [-0.1, -0.05) is 0 Å². The van der Waals surface area contributed by atoms with E-state index in [0.717, 1.165) is 5.56 Å². The number of nitrogens with one attached hydrogen (secondary N) is 1. The Hall–Kier alpha value is -3.37. The summed E-state index contributed by atoms with van der Waals surface area (Å²) >= 11 is 0. The molecule has 10 heteroatoms. The second-order valence-electron chi connectivity index (χ2n) is 5.45. The summed E-state index contributed by atoms with van der Waals surface area (Å²) in [5.74, 6) is 0.335. The van der Waals surface area contributed by atoms with E-state index in [-0.39, 0.29) is 4.90 Å². The van der Waals surface area contributed by atoms with Crippen LogP contribution in [0.1, 0.15) is 0 Å². The number of aromatic nitrogens is 2. The van der Waals surface area contributed by atoms with Gasteiger partial charge in [0.2, 0.25) is 16.0 Å². The zero-order valence-electron chi connectivity index (χ0n) is 14.2. The number of hydrogen-bond acceptors (Lipinski definition) is 7. The molecule has 1 aromatic heterocycles. The predicted molar refractivity (Wildman–Crippen MR) is 98.9 cm³/mol. The number of rotatable bonds is 6. The van der Waals surface area contributed by atoms with Gasteiger partial charge >= 0.3 is 5.69 Å². The van der Waals surface area contributed by atoms with Crippen molar-refractivity contribution in [1.29, 1.82) is 0 Å². The number of sulfonamides is 1. The van der Waals surface area contributed by atoms with Crippen molar-refractivity contribution in [1.82, 2.24) is 9.97 Å². The van der Waals surface area contributed by atoms with Crippen LogP contribution in [0.2, 0.25) is 0 Å². The van der Waals surface area contributed by atoms with Gasteiger partial charge < -0.3 is 5.32 Å². The summed E-state index contributed by atoms with van der Waals surface area (Å²) in [6.45, 7) is 0. The van der Waals surface area contributed by atoms with Crippen molar-refractivity contribution < 1.29 is 18.2 Å². The van der Waals surface area contributed by atoms with Crippen molar-refractivity contribution in [3.05, 3.63) is 65.7 Å². The number of nitrogens with two attached hydrogens (primary N) is 1. The highest BCUT2D eigenvalue weighted by molar-refractivity contribution is 7.89. The fraction of sp³-hybridized carbons (Fsp3) is 0.0588. The molecule has 138 valence electrons. The van der Waals surface area contributed by atoms with Crippen LogP contribution in [-0.2, 0) is 14.9 Å². The first-order valence-electron chi connectivity index (χ1n) is 7.71. The maximum Gasteiger partial charge on any atom is 0.316 e. The Labute approximate surface area is 155 Å². The molecular weight excluding hydrogens is 370 g/mol. The first-order chi connectivity index (χ1) is 12.9. The number of benzene rings is 2. The van der Waals surface area contributed by atoms with Crippen molar-refractivity contribution >= 4 is 27.3 Å². The first kappa shape index (κ1) is 18.4. The Balaban J connectivity index is 1.80. The van der Waals surface area contributed by atoms with Gasteiger partial charge in [-0.2, -0.15) is 0 Å². The third kappa shape index (κ3) is 4.43. The molecule has 0 aliphatic carbocycles. The van der Waals surface area contributed by atoms with E-state index < -0.39 is 10.0 Å². The lowest BCUT2D eigenvalue weighted by molar-refractivity contribution is -0.736. The quantitative estimate of drug-likeness (QED) is 0.623. The molecule has 0 saturated carbocycles. The summed E-state index contributed by atoms with van der Waals surface area (Å²) in [4.78, 5) is 25.0. The van der Waals surface area contributed by atoms with E-state index in [1.807, 2.05) is 0 Å². The molecule has 0 amide bonds. The van der Waals surface area contributed by atoms with Gasteiger partial charge in [0.25, 0.3) is 4.92 Å². The molecule has 0 atom stereocenters. The molecule has 0 aliphatic rings. The average Bonchev–Trinajstić information content (AvgIpc) is 2.67. The molecule has 0 spiro atoms. The molecule has 9 nitrogen and oxygen atoms in total. The van der Waals surface area contributed by atoms with E-state index in [0.29, 0.717) is 27.9 Å². The molecule has 2 aromatic carbocycles. The van der Waals surface area contributed by atoms with Gasteiger partial charge in [0.1, 0.15) is 0 Å². The van der Waals surface area contributed by atoms with E-state index in [4.69, 9.17) is 5.14 Å². The minimum absolute atomic E-state index is 0.0197. The highest BCUT2D eigenvalue weighted by Gasteiger charge is 2.14. The molecule has 0 radical (unpaired) electrons. The van der Waals surface area contributed by atoms with Crippen LogP contribution in [0.3, 0.4) is 0 Å². The number of nitrogens with zero attached hydrogens (tertiary/aromatic N) is 3. The fourth-order valence-corrected chi connectivity index (χ4v) is 2.81. The van der Waals surface area contributed by atoms with E-state index >= 15 is 0 Å². The van der Waals surface area contributed by atoms with E-state index in [9.17, 15) is 13.3 Å². The minimum atomic E-state index is -3.74. The second-order valence-corrected chi connectivity index (χ2v) is 7.01. The van der Waals surface area contributed by atoms with Gasteiger partial charge in [-0.3, -0.25) is 0 Å². The minimum Gasteiger partial charge on any atom is -0.324 e. The van der Waals surface area contributed by atoms with Crippen LogP contribution in [0.25, 0.3) is 11.3 Å². The van der Waals surface area contributed by atoms with Gasteiger partial charge in [-0.05, 0) is 42.5 Å². The zero-order chi connectivity index (χ0) is 19.4. The molecule has 0 aliphatic heterocycles. The van der Waals surface area contributed by atoms with E-state index in [1.54, 1.807) is 48.7 Å². The maximum absolute atomic E-state index is 11.4. The predicted octanol–water partition coefficient (Wildman–Crippen LogP) is 2.51. The maximum atomic E-state index is 11.4. The van der Waals surface area contributed by atoms with Crippen LogP contribution in [0.4, 0.5) is 17.3 Å². The number of anilines is 2. The molecule has 1 heterocycles. The standard InChI is InChI=1S/C17H16N5O4S/c1-26-22(23)14-6-2-12(3-7-14)16-10-11-19-17(21-16)20-13-4-8-15(9-5-13)27(18,24)25/h2-11H,1H3,(H2,18,24,25)(H,19,20,21)/q+1. The normalized spacial score (nSPS) is 11.0. The van der Waals surface area contributed by atoms with Gasteiger partial charge in [0.15, 0.2) is 7.11 Å². The van der Waals surface area contributed by atoms with Crippen molar-refractivity contribution in [2.24, 2.45) is 5.14 Å². The second kappa shape index (κ2) is 7.48. The molecule has 27 heavy (non-hydrogen) atoms. The van der Waals surface area contributed by atoms with Crippen LogP contribution in [0.15, 0.2) is 65.7 Å². The van der Waals surface area contributed by atoms with Crippen molar-refractivity contribution in [3.8, 4) is 11.3 Å². The Kier molecular flexibility index (Phi) is 5.10. The molecule has 0 unspecified atom stereocenters. The topological polar surface area (TPSA) is 127 Å². The molecule has 3 N–H and O–H groups in total. The molecule has 0 saturated heterocycles. The van der Waals surface area contributed by atoms with Gasteiger partial charge in [0.05, 0.1) is 15.5 Å². The lowest BCUT2D eigenvalue weighted by Gasteiger charge is -2.07. The van der Waals surface area contributed by atoms with Crippen LogP contribution in [0.5, 0.6) is 0 Å². The highest BCUT2D eigenvalue weighted by atomic mass is 32.2. The van der Waals surface area contributed by atoms with Crippen LogP contribution >= 0.6 is 0 Å². The Morgan fingerprint density at radius 3 is 2.30 bits per heavy atom. The summed E-state index contributed by atoms with van der Waals surface area (Å²) in [5, 5.41) is 8.07. The fourth-order valence-electron chi connectivity index (χ4n) is 2.30. The highest BCUT2D eigenvalue weighted by Crippen LogP contribution is 2.22. The molecular formula is C17H16N5O4S+. The third-order valence-electron chi connectivity index (χ3n) is 3.63. The monoisotopic (exact) mass is 386 g/mol. The Morgan fingerprint density at radius 2 is 1.70 bits per heavy atom. The first-order valence-corrected chi connectivity index (χ1v) is 9.26. The number of primary sulfonamides is 1. The summed E-state index contributed by atoms with van der Waals surface area (Å²) < 4.78 is 22.6. The summed E-state index contributed by atoms with van der Waals surface area (Å²) in [6, 6.07) is 14.4. The molecule has 0 fully saturated rings. The number of hydrogen-bond donors (Lipinski definition) is 2. The molecule has 3 rings (SSSR count). The van der Waals surface area contributed by atoms with Gasteiger partial charge in [0, 0.05) is 29.6 Å². The van der Waals surface area contributed by atoms with E-state index in [1.165, 1.54) is 19.2 Å². The van der Waals surface area contributed by atoms with Gasteiger partial charge in [-0.25, -0.2) is 28.4 Å². The van der Waals surface area contributed by atoms with Crippen molar-refractivity contribution in [3.63, 3.8) is 0 Å². The summed E-state index contributed by atoms with van der Waals surface area (Å²) in [5.41, 5.74) is 2.41. The third-order valence-corrected chi connectivity index (χ3v) is 4.56. The lowest BCUT2D eigenvalue weighted by Crippen LogP contribution is -2.11. The van der Waals surface area contributed by atoms with Crippen LogP contribution in [-0.4, -0.2) is 30.4 Å². The molecule has 3 aromatic rings. The van der Waals surface area contributed by atoms with Crippen molar-refractivity contribution in [2.45, 2.75) is 4.90 Å². The van der Waals surface area contributed by atoms with E-state index in [2.05, 4.69) is 20.1 Å². The summed E-state index contributed by atoms with van der Waals surface area (Å²) in [7, 11) is -2.45.